The zero-order valence-electron chi connectivity index (χ0n) is 13.1. The highest BCUT2D eigenvalue weighted by Gasteiger charge is 2.12. The van der Waals surface area contributed by atoms with Crippen LogP contribution in [0.4, 0.5) is 10.1 Å². The molecule has 0 saturated heterocycles. The summed E-state index contributed by atoms with van der Waals surface area (Å²) >= 11 is 0. The van der Waals surface area contributed by atoms with Gasteiger partial charge in [-0.05, 0) is 30.3 Å². The van der Waals surface area contributed by atoms with Crippen molar-refractivity contribution in [3.63, 3.8) is 0 Å². The first-order valence-corrected chi connectivity index (χ1v) is 7.26. The molecule has 0 unspecified atom stereocenters. The van der Waals surface area contributed by atoms with E-state index in [-0.39, 0.29) is 35.6 Å². The standard InChI is InChI=1S/C16H16FN5O3/c17-11-7-9(14(19)23)6-10(8-11)15(24)21-4-5-22-16(25)13-12(18)2-1-3-20-13/h1-3,6-8H,4-5,18H2,(H2,19,23)(H,21,24)(H,22,25). The number of amides is 3. The second-order valence-electron chi connectivity index (χ2n) is 5.05. The Morgan fingerprint density at radius 1 is 1.04 bits per heavy atom. The number of nitrogens with one attached hydrogen (secondary N) is 2. The van der Waals surface area contributed by atoms with Crippen LogP contribution >= 0.6 is 0 Å². The molecule has 25 heavy (non-hydrogen) atoms. The number of carbonyl (C=O) groups excluding carboxylic acids is 3. The number of pyridine rings is 1. The first kappa shape index (κ1) is 17.9. The van der Waals surface area contributed by atoms with Gasteiger partial charge in [0.05, 0.1) is 5.69 Å². The SMILES string of the molecule is NC(=O)c1cc(F)cc(C(=O)NCCNC(=O)c2ncccc2N)c1. The molecule has 2 rings (SSSR count). The van der Waals surface area contributed by atoms with Gasteiger partial charge in [0.2, 0.25) is 5.91 Å². The third-order valence-corrected chi connectivity index (χ3v) is 3.19. The summed E-state index contributed by atoms with van der Waals surface area (Å²) in [5.41, 5.74) is 10.9. The van der Waals surface area contributed by atoms with Crippen molar-refractivity contribution in [2.45, 2.75) is 0 Å². The largest absolute Gasteiger partial charge is 0.397 e. The maximum Gasteiger partial charge on any atom is 0.272 e. The minimum Gasteiger partial charge on any atom is -0.397 e. The number of benzene rings is 1. The molecule has 1 aromatic heterocycles. The topological polar surface area (TPSA) is 140 Å². The normalized spacial score (nSPS) is 10.1. The highest BCUT2D eigenvalue weighted by molar-refractivity contribution is 5.99. The first-order chi connectivity index (χ1) is 11.9. The van der Waals surface area contributed by atoms with Crippen LogP contribution in [-0.2, 0) is 0 Å². The lowest BCUT2D eigenvalue weighted by molar-refractivity contribution is 0.0925. The van der Waals surface area contributed by atoms with Gasteiger partial charge in [-0.1, -0.05) is 0 Å². The molecule has 0 aliphatic heterocycles. The van der Waals surface area contributed by atoms with Crippen molar-refractivity contribution in [1.82, 2.24) is 15.6 Å². The summed E-state index contributed by atoms with van der Waals surface area (Å²) in [5, 5.41) is 5.03. The molecule has 0 atom stereocenters. The van der Waals surface area contributed by atoms with Gasteiger partial charge in [-0.3, -0.25) is 14.4 Å². The second-order valence-corrected chi connectivity index (χ2v) is 5.05. The van der Waals surface area contributed by atoms with Gasteiger partial charge in [0, 0.05) is 30.4 Å². The molecule has 2 aromatic rings. The third-order valence-electron chi connectivity index (χ3n) is 3.19. The number of primary amides is 1. The number of nitrogens with zero attached hydrogens (tertiary/aromatic N) is 1. The fourth-order valence-corrected chi connectivity index (χ4v) is 2.01. The Kier molecular flexibility index (Phi) is 5.62. The number of aromatic nitrogens is 1. The van der Waals surface area contributed by atoms with E-state index in [4.69, 9.17) is 11.5 Å². The Bertz CT molecular complexity index is 825. The number of nitrogen functional groups attached to an aromatic ring is 1. The van der Waals surface area contributed by atoms with Crippen molar-refractivity contribution in [3.05, 3.63) is 59.2 Å². The lowest BCUT2D eigenvalue weighted by Crippen LogP contribution is -2.35. The van der Waals surface area contributed by atoms with E-state index in [1.807, 2.05) is 0 Å². The van der Waals surface area contributed by atoms with Crippen molar-refractivity contribution >= 4 is 23.4 Å². The van der Waals surface area contributed by atoms with Crippen LogP contribution in [-0.4, -0.2) is 35.8 Å². The fourth-order valence-electron chi connectivity index (χ4n) is 2.01. The molecule has 1 heterocycles. The first-order valence-electron chi connectivity index (χ1n) is 7.26. The van der Waals surface area contributed by atoms with Crippen LogP contribution in [0.5, 0.6) is 0 Å². The van der Waals surface area contributed by atoms with Crippen LogP contribution in [0.3, 0.4) is 0 Å². The van der Waals surface area contributed by atoms with Crippen molar-refractivity contribution in [3.8, 4) is 0 Å². The summed E-state index contributed by atoms with van der Waals surface area (Å²) in [4.78, 5) is 38.8. The summed E-state index contributed by atoms with van der Waals surface area (Å²) in [6.45, 7) is 0.193. The van der Waals surface area contributed by atoms with Crippen LogP contribution in [0.2, 0.25) is 0 Å². The van der Waals surface area contributed by atoms with Gasteiger partial charge < -0.3 is 22.1 Å². The number of hydrogen-bond donors (Lipinski definition) is 4. The Labute approximate surface area is 142 Å². The van der Waals surface area contributed by atoms with Crippen molar-refractivity contribution in [2.75, 3.05) is 18.8 Å². The summed E-state index contributed by atoms with van der Waals surface area (Å²) in [6, 6.07) is 6.26. The Morgan fingerprint density at radius 2 is 1.68 bits per heavy atom. The van der Waals surface area contributed by atoms with Crippen molar-refractivity contribution in [1.29, 1.82) is 0 Å². The Balaban J connectivity index is 1.88. The number of nitrogens with two attached hydrogens (primary N) is 2. The molecule has 3 amide bonds. The van der Waals surface area contributed by atoms with E-state index in [9.17, 15) is 18.8 Å². The third kappa shape index (κ3) is 4.74. The van der Waals surface area contributed by atoms with Crippen LogP contribution < -0.4 is 22.1 Å². The molecule has 0 radical (unpaired) electrons. The molecule has 130 valence electrons. The van der Waals surface area contributed by atoms with Crippen molar-refractivity contribution in [2.24, 2.45) is 5.73 Å². The quantitative estimate of drug-likeness (QED) is 0.548. The molecule has 0 spiro atoms. The molecule has 0 fully saturated rings. The van der Waals surface area contributed by atoms with Crippen LogP contribution in [0, 0.1) is 5.82 Å². The molecule has 8 nitrogen and oxygen atoms in total. The summed E-state index contributed by atoms with van der Waals surface area (Å²) in [6.07, 6.45) is 1.44. The zero-order valence-corrected chi connectivity index (χ0v) is 13.1. The van der Waals surface area contributed by atoms with Gasteiger partial charge in [-0.15, -0.1) is 0 Å². The number of carbonyl (C=O) groups is 3. The van der Waals surface area contributed by atoms with Gasteiger partial charge in [-0.2, -0.15) is 0 Å². The van der Waals surface area contributed by atoms with E-state index >= 15 is 0 Å². The Morgan fingerprint density at radius 3 is 2.32 bits per heavy atom. The number of halogens is 1. The van der Waals surface area contributed by atoms with E-state index in [0.29, 0.717) is 0 Å². The molecular weight excluding hydrogens is 329 g/mol. The monoisotopic (exact) mass is 345 g/mol. The number of hydrogen-bond acceptors (Lipinski definition) is 5. The summed E-state index contributed by atoms with van der Waals surface area (Å²) in [7, 11) is 0. The predicted molar refractivity (Wildman–Crippen MR) is 88.2 cm³/mol. The van der Waals surface area contributed by atoms with Crippen LogP contribution in [0.1, 0.15) is 31.2 Å². The number of rotatable bonds is 6. The number of anilines is 1. The minimum atomic E-state index is -0.839. The van der Waals surface area contributed by atoms with Crippen LogP contribution in [0.25, 0.3) is 0 Å². The molecule has 0 bridgehead atoms. The summed E-state index contributed by atoms with van der Waals surface area (Å²) < 4.78 is 13.4. The molecular formula is C16H16FN5O3. The second kappa shape index (κ2) is 7.86. The van der Waals surface area contributed by atoms with E-state index in [1.165, 1.54) is 12.3 Å². The van der Waals surface area contributed by atoms with Gasteiger partial charge in [0.1, 0.15) is 5.82 Å². The van der Waals surface area contributed by atoms with Gasteiger partial charge >= 0.3 is 0 Å². The molecule has 6 N–H and O–H groups in total. The maximum atomic E-state index is 13.4. The average Bonchev–Trinajstić information content (AvgIpc) is 2.58. The van der Waals surface area contributed by atoms with E-state index in [1.54, 1.807) is 12.1 Å². The van der Waals surface area contributed by atoms with Gasteiger partial charge in [-0.25, -0.2) is 9.37 Å². The fraction of sp³-hybridized carbons (Fsp3) is 0.125. The molecule has 9 heteroatoms. The highest BCUT2D eigenvalue weighted by Crippen LogP contribution is 2.09. The molecule has 0 saturated carbocycles. The smallest absolute Gasteiger partial charge is 0.272 e. The van der Waals surface area contributed by atoms with E-state index in [2.05, 4.69) is 15.6 Å². The average molecular weight is 345 g/mol. The van der Waals surface area contributed by atoms with Gasteiger partial charge in [0.25, 0.3) is 11.8 Å². The van der Waals surface area contributed by atoms with Gasteiger partial charge in [0.15, 0.2) is 5.69 Å². The van der Waals surface area contributed by atoms with Crippen molar-refractivity contribution < 1.29 is 18.8 Å². The van der Waals surface area contributed by atoms with E-state index in [0.717, 1.165) is 12.1 Å². The lowest BCUT2D eigenvalue weighted by Gasteiger charge is -2.08. The van der Waals surface area contributed by atoms with Crippen LogP contribution in [0.15, 0.2) is 36.5 Å². The molecule has 0 aliphatic carbocycles. The lowest BCUT2D eigenvalue weighted by atomic mass is 10.1. The summed E-state index contributed by atoms with van der Waals surface area (Å²) in [5.74, 6) is -2.67. The molecule has 1 aromatic carbocycles. The minimum absolute atomic E-state index is 0.0471. The Hall–Kier alpha value is -3.49. The maximum absolute atomic E-state index is 13.4. The molecule has 0 aliphatic rings. The predicted octanol–water partition coefficient (Wildman–Crippen LogP) is 0.0616. The van der Waals surface area contributed by atoms with E-state index < -0.39 is 23.5 Å². The zero-order chi connectivity index (χ0) is 18.4. The highest BCUT2D eigenvalue weighted by atomic mass is 19.1.